The monoisotopic (exact) mass is 422 g/mol. The molecule has 12 heavy (non-hydrogen) atoms. The Morgan fingerprint density at radius 3 is 2.92 bits per heavy atom. The van der Waals surface area contributed by atoms with Crippen LogP contribution in [0.3, 0.4) is 0 Å². The molecule has 0 aliphatic carbocycles. The molecule has 62 valence electrons. The fourth-order valence-electron chi connectivity index (χ4n) is 0.810. The van der Waals surface area contributed by atoms with E-state index in [1.165, 1.54) is 6.45 Å². The number of nitrogens with zero attached hydrogens (tertiary/aromatic N) is 2. The Kier molecular flexibility index (Phi) is 2.73. The lowest BCUT2D eigenvalue weighted by Crippen LogP contribution is -1.79. The molecular weight excluding hydrogens is 421 g/mol. The molecule has 0 amide bonds. The zero-order valence-corrected chi connectivity index (χ0v) is 11.4. The molecule has 2 heterocycles. The number of aromatic nitrogens is 2. The van der Waals surface area contributed by atoms with Crippen LogP contribution in [0.1, 0.15) is 0 Å². The molecule has 0 atom stereocenters. The predicted octanol–water partition coefficient (Wildman–Crippen LogP) is 3.55. The molecule has 0 aliphatic rings. The first-order valence-corrected chi connectivity index (χ1v) is 6.29. The first kappa shape index (κ1) is 9.35. The summed E-state index contributed by atoms with van der Waals surface area (Å²) >= 11 is 11.9. The normalized spacial score (nSPS) is 10.9. The summed E-state index contributed by atoms with van der Waals surface area (Å²) in [5, 5.41) is 1.41. The molecule has 0 fully saturated rings. The zero-order chi connectivity index (χ0) is 8.72. The summed E-state index contributed by atoms with van der Waals surface area (Å²) in [6.07, 6.45) is 1.77. The SMILES string of the molecule is Clc1ncc2c(I)c(I)sc2n1. The van der Waals surface area contributed by atoms with E-state index in [9.17, 15) is 0 Å². The van der Waals surface area contributed by atoms with E-state index in [4.69, 9.17) is 11.6 Å². The summed E-state index contributed by atoms with van der Waals surface area (Å²) < 4.78 is 2.45. The molecular formula is C6HClI2N2S. The van der Waals surface area contributed by atoms with Crippen molar-refractivity contribution in [2.75, 3.05) is 0 Å². The van der Waals surface area contributed by atoms with Gasteiger partial charge in [-0.2, -0.15) is 0 Å². The third kappa shape index (κ3) is 1.55. The van der Waals surface area contributed by atoms with Gasteiger partial charge in [0, 0.05) is 15.2 Å². The molecule has 2 nitrogen and oxygen atoms in total. The standard InChI is InChI=1S/C6HClI2N2S/c7-6-10-1-2-3(8)4(9)12-5(2)11-6/h1H. The topological polar surface area (TPSA) is 25.8 Å². The van der Waals surface area contributed by atoms with E-state index in [2.05, 4.69) is 55.1 Å². The molecule has 0 bridgehead atoms. The van der Waals surface area contributed by atoms with Gasteiger partial charge in [0.1, 0.15) is 4.83 Å². The molecule has 0 saturated carbocycles. The van der Waals surface area contributed by atoms with Crippen molar-refractivity contribution in [2.24, 2.45) is 0 Å². The van der Waals surface area contributed by atoms with Crippen LogP contribution < -0.4 is 0 Å². The number of fused-ring (bicyclic) bond motifs is 1. The van der Waals surface area contributed by atoms with Crippen LogP contribution in [-0.2, 0) is 0 Å². The molecule has 2 rings (SSSR count). The van der Waals surface area contributed by atoms with Gasteiger partial charge in [-0.1, -0.05) is 0 Å². The lowest BCUT2D eigenvalue weighted by molar-refractivity contribution is 1.23. The van der Waals surface area contributed by atoms with Crippen LogP contribution >= 0.6 is 68.1 Å². The van der Waals surface area contributed by atoms with Crippen molar-refractivity contribution >= 4 is 78.3 Å². The summed E-state index contributed by atoms with van der Waals surface area (Å²) in [4.78, 5) is 9.02. The van der Waals surface area contributed by atoms with Gasteiger partial charge >= 0.3 is 0 Å². The second kappa shape index (κ2) is 3.50. The van der Waals surface area contributed by atoms with Crippen molar-refractivity contribution in [3.05, 3.63) is 17.9 Å². The smallest absolute Gasteiger partial charge is 0.223 e. The van der Waals surface area contributed by atoms with Gasteiger partial charge in [0.05, 0.1) is 2.88 Å². The molecule has 0 aliphatic heterocycles. The second-order valence-electron chi connectivity index (χ2n) is 2.05. The maximum Gasteiger partial charge on any atom is 0.223 e. The zero-order valence-electron chi connectivity index (χ0n) is 5.51. The molecule has 2 aromatic heterocycles. The molecule has 0 aromatic carbocycles. The van der Waals surface area contributed by atoms with Crippen LogP contribution in [0.5, 0.6) is 0 Å². The van der Waals surface area contributed by atoms with Crippen molar-refractivity contribution in [1.29, 1.82) is 0 Å². The molecule has 0 spiro atoms. The van der Waals surface area contributed by atoms with E-state index >= 15 is 0 Å². The fraction of sp³-hybridized carbons (Fsp3) is 0. The third-order valence-electron chi connectivity index (χ3n) is 1.32. The van der Waals surface area contributed by atoms with E-state index in [1.54, 1.807) is 17.5 Å². The van der Waals surface area contributed by atoms with E-state index in [1.807, 2.05) is 0 Å². The number of thiophene rings is 1. The number of rotatable bonds is 0. The molecule has 0 N–H and O–H groups in total. The average Bonchev–Trinajstić information content (AvgIpc) is 2.28. The van der Waals surface area contributed by atoms with Crippen molar-refractivity contribution in [3.8, 4) is 0 Å². The third-order valence-corrected chi connectivity index (χ3v) is 6.11. The lowest BCUT2D eigenvalue weighted by atomic mass is 10.4. The van der Waals surface area contributed by atoms with Crippen molar-refractivity contribution in [1.82, 2.24) is 9.97 Å². The van der Waals surface area contributed by atoms with Crippen LogP contribution in [0.25, 0.3) is 10.2 Å². The van der Waals surface area contributed by atoms with Gasteiger partial charge in [-0.3, -0.25) is 0 Å². The Morgan fingerprint density at radius 1 is 1.42 bits per heavy atom. The summed E-state index contributed by atoms with van der Waals surface area (Å²) in [7, 11) is 0. The minimum atomic E-state index is 0.316. The van der Waals surface area contributed by atoms with Gasteiger partial charge in [-0.15, -0.1) is 11.3 Å². The van der Waals surface area contributed by atoms with E-state index < -0.39 is 0 Å². The molecule has 6 heteroatoms. The molecule has 0 unspecified atom stereocenters. The van der Waals surface area contributed by atoms with Gasteiger partial charge in [-0.05, 0) is 56.8 Å². The number of hydrogen-bond acceptors (Lipinski definition) is 3. The van der Waals surface area contributed by atoms with E-state index in [-0.39, 0.29) is 0 Å². The van der Waals surface area contributed by atoms with E-state index in [0.717, 1.165) is 10.2 Å². The fourth-order valence-corrected chi connectivity index (χ4v) is 3.58. The Balaban J connectivity index is 2.87. The molecule has 0 saturated heterocycles. The first-order valence-electron chi connectivity index (χ1n) is 2.94. The highest BCUT2D eigenvalue weighted by Crippen LogP contribution is 2.31. The first-order chi connectivity index (χ1) is 5.68. The Labute approximate surface area is 105 Å². The minimum absolute atomic E-state index is 0.316. The Bertz CT molecular complexity index is 442. The summed E-state index contributed by atoms with van der Waals surface area (Å²) in [6, 6.07) is 0. The highest BCUT2D eigenvalue weighted by molar-refractivity contribution is 14.1. The summed E-state index contributed by atoms with van der Waals surface area (Å²) in [6.45, 7) is 0. The van der Waals surface area contributed by atoms with Crippen LogP contribution in [0.2, 0.25) is 5.28 Å². The second-order valence-corrected chi connectivity index (χ2v) is 6.27. The largest absolute Gasteiger partial charge is 0.226 e. The maximum atomic E-state index is 5.66. The lowest BCUT2D eigenvalue weighted by Gasteiger charge is -1.88. The van der Waals surface area contributed by atoms with Gasteiger partial charge < -0.3 is 0 Å². The van der Waals surface area contributed by atoms with Gasteiger partial charge in [0.25, 0.3) is 0 Å². The van der Waals surface area contributed by atoms with Gasteiger partial charge in [0.2, 0.25) is 5.28 Å². The molecule has 2 aromatic rings. The van der Waals surface area contributed by atoms with Crippen LogP contribution in [0, 0.1) is 6.45 Å². The van der Waals surface area contributed by atoms with Crippen molar-refractivity contribution in [3.63, 3.8) is 0 Å². The van der Waals surface area contributed by atoms with Crippen LogP contribution in [-0.4, -0.2) is 9.97 Å². The predicted molar refractivity (Wildman–Crippen MR) is 67.9 cm³/mol. The maximum absolute atomic E-state index is 5.66. The van der Waals surface area contributed by atoms with Gasteiger partial charge in [-0.25, -0.2) is 9.97 Å². The Morgan fingerprint density at radius 2 is 2.17 bits per heavy atom. The summed E-state index contributed by atoms with van der Waals surface area (Å²) in [5.74, 6) is 0. The van der Waals surface area contributed by atoms with Crippen LogP contribution in [0.15, 0.2) is 6.20 Å². The Hall–Kier alpha value is 0.790. The average molecular weight is 422 g/mol. The minimum Gasteiger partial charge on any atom is -0.226 e. The number of hydrogen-bond donors (Lipinski definition) is 0. The van der Waals surface area contributed by atoms with Crippen molar-refractivity contribution in [2.45, 2.75) is 0 Å². The molecule has 0 radical (unpaired) electrons. The highest BCUT2D eigenvalue weighted by atomic mass is 127. The summed E-state index contributed by atoms with van der Waals surface area (Å²) in [5.41, 5.74) is 0. The highest BCUT2D eigenvalue weighted by Gasteiger charge is 2.08. The quantitative estimate of drug-likeness (QED) is 0.479. The van der Waals surface area contributed by atoms with Crippen LogP contribution in [0.4, 0.5) is 0 Å². The van der Waals surface area contributed by atoms with E-state index in [0.29, 0.717) is 5.28 Å². The van der Waals surface area contributed by atoms with Gasteiger partial charge in [0.15, 0.2) is 0 Å². The van der Waals surface area contributed by atoms with Crippen molar-refractivity contribution < 1.29 is 0 Å². The number of halogens is 3.